The molecular formula is C21H21FN4O. The second-order valence-electron chi connectivity index (χ2n) is 6.76. The van der Waals surface area contributed by atoms with Crippen LogP contribution in [0, 0.1) is 5.82 Å². The summed E-state index contributed by atoms with van der Waals surface area (Å²) in [6, 6.07) is 11.5. The number of allylic oxidation sites excluding steroid dienone is 1. The number of aromatic hydroxyl groups is 1. The first-order chi connectivity index (χ1) is 13.0. The highest BCUT2D eigenvalue weighted by Crippen LogP contribution is 2.32. The van der Waals surface area contributed by atoms with Gasteiger partial charge in [-0.1, -0.05) is 18.7 Å². The van der Waals surface area contributed by atoms with Crippen LogP contribution < -0.4 is 4.90 Å². The second-order valence-corrected chi connectivity index (χ2v) is 6.76. The van der Waals surface area contributed by atoms with Gasteiger partial charge in [0, 0.05) is 37.3 Å². The molecule has 0 amide bonds. The van der Waals surface area contributed by atoms with E-state index < -0.39 is 0 Å². The highest BCUT2D eigenvalue weighted by atomic mass is 19.1. The number of nitrogens with zero attached hydrogens (tertiary/aromatic N) is 4. The molecule has 0 atom stereocenters. The van der Waals surface area contributed by atoms with Crippen LogP contribution >= 0.6 is 0 Å². The normalized spacial score (nSPS) is 14.6. The van der Waals surface area contributed by atoms with E-state index in [-0.39, 0.29) is 11.6 Å². The average Bonchev–Trinajstić information content (AvgIpc) is 2.68. The van der Waals surface area contributed by atoms with E-state index in [2.05, 4.69) is 21.4 Å². The highest BCUT2D eigenvalue weighted by Gasteiger charge is 2.21. The summed E-state index contributed by atoms with van der Waals surface area (Å²) in [5.74, 6) is 0.934. The number of hydrogen-bond donors (Lipinski definition) is 1. The molecule has 0 unspecified atom stereocenters. The van der Waals surface area contributed by atoms with Crippen molar-refractivity contribution in [1.29, 1.82) is 0 Å². The maximum atomic E-state index is 13.9. The molecule has 5 nitrogen and oxygen atoms in total. The molecule has 0 radical (unpaired) electrons. The molecule has 1 aromatic heterocycles. The van der Waals surface area contributed by atoms with E-state index in [9.17, 15) is 9.50 Å². The number of aromatic nitrogens is 2. The van der Waals surface area contributed by atoms with Gasteiger partial charge in [0.05, 0.1) is 11.1 Å². The predicted octanol–water partition coefficient (Wildman–Crippen LogP) is 3.80. The zero-order chi connectivity index (χ0) is 19.0. The zero-order valence-electron chi connectivity index (χ0n) is 15.2. The van der Waals surface area contributed by atoms with Crippen molar-refractivity contribution in [3.63, 3.8) is 0 Å². The van der Waals surface area contributed by atoms with Crippen LogP contribution in [0.15, 0.2) is 54.7 Å². The lowest BCUT2D eigenvalue weighted by Gasteiger charge is -2.37. The molecule has 0 aliphatic carbocycles. The van der Waals surface area contributed by atoms with E-state index in [4.69, 9.17) is 4.98 Å². The monoisotopic (exact) mass is 364 g/mol. The van der Waals surface area contributed by atoms with Crippen molar-refractivity contribution >= 4 is 16.7 Å². The molecule has 1 aliphatic heterocycles. The molecule has 1 saturated heterocycles. The number of hydrogen-bond acceptors (Lipinski definition) is 5. The molecule has 27 heavy (non-hydrogen) atoms. The van der Waals surface area contributed by atoms with Crippen LogP contribution in [0.25, 0.3) is 22.3 Å². The molecule has 2 aromatic carbocycles. The Morgan fingerprint density at radius 2 is 1.81 bits per heavy atom. The van der Waals surface area contributed by atoms with Crippen LogP contribution in [-0.2, 0) is 0 Å². The lowest BCUT2D eigenvalue weighted by molar-refractivity contribution is 0.323. The maximum Gasteiger partial charge on any atom is 0.165 e. The molecular weight excluding hydrogens is 343 g/mol. The minimum absolute atomic E-state index is 0.122. The summed E-state index contributed by atoms with van der Waals surface area (Å²) in [4.78, 5) is 13.6. The predicted molar refractivity (Wildman–Crippen MR) is 105 cm³/mol. The number of rotatable bonds is 3. The van der Waals surface area contributed by atoms with E-state index >= 15 is 0 Å². The van der Waals surface area contributed by atoms with Gasteiger partial charge in [0.1, 0.15) is 17.4 Å². The summed E-state index contributed by atoms with van der Waals surface area (Å²) in [5, 5.41) is 10.9. The van der Waals surface area contributed by atoms with Crippen molar-refractivity contribution in [2.24, 2.45) is 0 Å². The summed E-state index contributed by atoms with van der Waals surface area (Å²) in [6.07, 6.45) is 0. The standard InChI is InChI=1S/C21H21FN4O/c1-14(2)25-9-11-26(12-10-25)21-17-13-15(22)7-8-18(17)23-20(24-21)16-5-3-4-6-19(16)27/h3-8,13,27H,1,9-12H2,2H3. The number of anilines is 1. The minimum Gasteiger partial charge on any atom is -0.507 e. The number of para-hydroxylation sites is 1. The third-order valence-electron chi connectivity index (χ3n) is 4.90. The fourth-order valence-corrected chi connectivity index (χ4v) is 3.41. The fourth-order valence-electron chi connectivity index (χ4n) is 3.41. The molecule has 0 bridgehead atoms. The zero-order valence-corrected chi connectivity index (χ0v) is 15.2. The van der Waals surface area contributed by atoms with Gasteiger partial charge in [-0.05, 0) is 37.3 Å². The van der Waals surface area contributed by atoms with Crippen molar-refractivity contribution < 1.29 is 9.50 Å². The SMILES string of the molecule is C=C(C)N1CCN(c2nc(-c3ccccc3O)nc3ccc(F)cc23)CC1. The van der Waals surface area contributed by atoms with Crippen molar-refractivity contribution in [3.05, 3.63) is 60.6 Å². The van der Waals surface area contributed by atoms with Crippen LogP contribution in [-0.4, -0.2) is 46.2 Å². The number of piperazine rings is 1. The van der Waals surface area contributed by atoms with E-state index in [0.29, 0.717) is 28.1 Å². The smallest absolute Gasteiger partial charge is 0.165 e. The topological polar surface area (TPSA) is 52.5 Å². The van der Waals surface area contributed by atoms with Crippen molar-refractivity contribution in [1.82, 2.24) is 14.9 Å². The first-order valence-electron chi connectivity index (χ1n) is 8.94. The minimum atomic E-state index is -0.316. The summed E-state index contributed by atoms with van der Waals surface area (Å²) >= 11 is 0. The van der Waals surface area contributed by atoms with Gasteiger partial charge in [-0.2, -0.15) is 0 Å². The molecule has 0 spiro atoms. The third-order valence-corrected chi connectivity index (χ3v) is 4.90. The second kappa shape index (κ2) is 6.87. The lowest BCUT2D eigenvalue weighted by atomic mass is 10.1. The van der Waals surface area contributed by atoms with Gasteiger partial charge in [0.2, 0.25) is 0 Å². The molecule has 3 aromatic rings. The Kier molecular flexibility index (Phi) is 4.39. The molecule has 0 saturated carbocycles. The van der Waals surface area contributed by atoms with E-state index in [0.717, 1.165) is 31.9 Å². The maximum absolute atomic E-state index is 13.9. The van der Waals surface area contributed by atoms with Crippen molar-refractivity contribution in [2.75, 3.05) is 31.1 Å². The summed E-state index contributed by atoms with van der Waals surface area (Å²) in [5.41, 5.74) is 2.26. The quantitative estimate of drug-likeness (QED) is 0.766. The van der Waals surface area contributed by atoms with Gasteiger partial charge >= 0.3 is 0 Å². The highest BCUT2D eigenvalue weighted by molar-refractivity contribution is 5.91. The third kappa shape index (κ3) is 3.30. The number of fused-ring (bicyclic) bond motifs is 1. The van der Waals surface area contributed by atoms with Gasteiger partial charge < -0.3 is 14.9 Å². The van der Waals surface area contributed by atoms with Gasteiger partial charge in [0.25, 0.3) is 0 Å². The average molecular weight is 364 g/mol. The Morgan fingerprint density at radius 1 is 1.07 bits per heavy atom. The Hall–Kier alpha value is -3.15. The summed E-state index contributed by atoms with van der Waals surface area (Å²) < 4.78 is 13.9. The van der Waals surface area contributed by atoms with Crippen LogP contribution in [0.3, 0.4) is 0 Å². The molecule has 1 fully saturated rings. The van der Waals surface area contributed by atoms with Gasteiger partial charge in [-0.25, -0.2) is 14.4 Å². The first-order valence-corrected chi connectivity index (χ1v) is 8.94. The van der Waals surface area contributed by atoms with E-state index in [1.807, 2.05) is 13.0 Å². The largest absolute Gasteiger partial charge is 0.507 e. The first kappa shape index (κ1) is 17.3. The summed E-state index contributed by atoms with van der Waals surface area (Å²) in [6.45, 7) is 9.20. The van der Waals surface area contributed by atoms with Crippen LogP contribution in [0.2, 0.25) is 0 Å². The van der Waals surface area contributed by atoms with E-state index in [1.54, 1.807) is 24.3 Å². The van der Waals surface area contributed by atoms with Crippen molar-refractivity contribution in [2.45, 2.75) is 6.92 Å². The number of phenolic OH excluding ortho intramolecular Hbond substituents is 1. The Labute approximate surface area is 157 Å². The molecule has 6 heteroatoms. The van der Waals surface area contributed by atoms with Crippen LogP contribution in [0.1, 0.15) is 6.92 Å². The van der Waals surface area contributed by atoms with Crippen LogP contribution in [0.4, 0.5) is 10.2 Å². The molecule has 2 heterocycles. The van der Waals surface area contributed by atoms with E-state index in [1.165, 1.54) is 12.1 Å². The Bertz CT molecular complexity index is 1010. The van der Waals surface area contributed by atoms with Crippen molar-refractivity contribution in [3.8, 4) is 17.1 Å². The Balaban J connectivity index is 1.82. The molecule has 1 N–H and O–H groups in total. The Morgan fingerprint density at radius 3 is 2.52 bits per heavy atom. The fraction of sp³-hybridized carbons (Fsp3) is 0.238. The van der Waals surface area contributed by atoms with Gasteiger partial charge in [-0.3, -0.25) is 0 Å². The van der Waals surface area contributed by atoms with Crippen LogP contribution in [0.5, 0.6) is 5.75 Å². The van der Waals surface area contributed by atoms with Gasteiger partial charge in [-0.15, -0.1) is 0 Å². The number of benzene rings is 2. The number of halogens is 1. The molecule has 4 rings (SSSR count). The summed E-state index contributed by atoms with van der Waals surface area (Å²) in [7, 11) is 0. The van der Waals surface area contributed by atoms with Gasteiger partial charge in [0.15, 0.2) is 5.82 Å². The number of phenols is 1. The lowest BCUT2D eigenvalue weighted by Crippen LogP contribution is -2.45. The molecule has 138 valence electrons. The molecule has 1 aliphatic rings.